The van der Waals surface area contributed by atoms with Crippen molar-refractivity contribution in [2.75, 3.05) is 7.11 Å². The lowest BCUT2D eigenvalue weighted by Gasteiger charge is -2.50. The van der Waals surface area contributed by atoms with Gasteiger partial charge in [0.25, 0.3) is 0 Å². The van der Waals surface area contributed by atoms with Gasteiger partial charge in [0.2, 0.25) is 0 Å². The van der Waals surface area contributed by atoms with Gasteiger partial charge in [-0.3, -0.25) is 0 Å². The zero-order valence-corrected chi connectivity index (χ0v) is 17.8. The topological polar surface area (TPSA) is 34.1 Å². The second-order valence-electron chi connectivity index (χ2n) is 8.42. The van der Waals surface area contributed by atoms with Crippen molar-refractivity contribution in [1.82, 2.24) is 5.01 Å². The Labute approximate surface area is 177 Å². The Morgan fingerprint density at radius 3 is 2.62 bits per heavy atom. The molecule has 29 heavy (non-hydrogen) atoms. The van der Waals surface area contributed by atoms with Gasteiger partial charge in [0.05, 0.1) is 18.9 Å². The Morgan fingerprint density at radius 1 is 1.17 bits per heavy atom. The van der Waals surface area contributed by atoms with Crippen LogP contribution in [0.4, 0.5) is 0 Å². The SMILES string of the molecule is CCC1CCC2(CC1)Oc1ccc(Cl)cc1[C@@H]1CC(c3ccc(OC)cc3)=NN12. The summed E-state index contributed by atoms with van der Waals surface area (Å²) < 4.78 is 12.0. The molecule has 1 fully saturated rings. The Kier molecular flexibility index (Phi) is 4.70. The van der Waals surface area contributed by atoms with E-state index in [1.165, 1.54) is 19.3 Å². The second kappa shape index (κ2) is 7.24. The van der Waals surface area contributed by atoms with Crippen molar-refractivity contribution in [2.45, 2.75) is 57.2 Å². The monoisotopic (exact) mass is 410 g/mol. The highest BCUT2D eigenvalue weighted by Gasteiger charge is 2.51. The minimum atomic E-state index is -0.342. The van der Waals surface area contributed by atoms with Gasteiger partial charge in [0, 0.05) is 29.8 Å². The third-order valence-corrected chi connectivity index (χ3v) is 7.08. The highest BCUT2D eigenvalue weighted by Crippen LogP contribution is 2.52. The van der Waals surface area contributed by atoms with E-state index in [1.54, 1.807) is 7.11 Å². The maximum atomic E-state index is 6.68. The average molecular weight is 411 g/mol. The fraction of sp³-hybridized carbons (Fsp3) is 0.458. The Morgan fingerprint density at radius 2 is 1.93 bits per heavy atom. The molecule has 0 saturated heterocycles. The Bertz CT molecular complexity index is 932. The van der Waals surface area contributed by atoms with Crippen molar-refractivity contribution < 1.29 is 9.47 Å². The molecule has 2 heterocycles. The maximum Gasteiger partial charge on any atom is 0.198 e. The number of fused-ring (bicyclic) bond motifs is 4. The molecule has 0 unspecified atom stereocenters. The summed E-state index contributed by atoms with van der Waals surface area (Å²) in [4.78, 5) is 0. The van der Waals surface area contributed by atoms with Gasteiger partial charge >= 0.3 is 0 Å². The van der Waals surface area contributed by atoms with E-state index >= 15 is 0 Å². The van der Waals surface area contributed by atoms with E-state index < -0.39 is 0 Å². The summed E-state index contributed by atoms with van der Waals surface area (Å²) in [5.74, 6) is 2.62. The fourth-order valence-electron chi connectivity index (χ4n) is 5.08. The predicted octanol–water partition coefficient (Wildman–Crippen LogP) is 6.19. The van der Waals surface area contributed by atoms with E-state index in [-0.39, 0.29) is 11.8 Å². The third kappa shape index (κ3) is 3.18. The molecule has 0 aromatic heterocycles. The predicted molar refractivity (Wildman–Crippen MR) is 116 cm³/mol. The van der Waals surface area contributed by atoms with Crippen LogP contribution >= 0.6 is 11.6 Å². The zero-order valence-electron chi connectivity index (χ0n) is 17.0. The van der Waals surface area contributed by atoms with Crippen LogP contribution in [0.5, 0.6) is 11.5 Å². The standard InChI is InChI=1S/C24H27ClN2O2/c1-3-16-10-12-24(13-11-16)27-22(20-14-18(25)6-9-23(20)29-24)15-21(26-27)17-4-7-19(28-2)8-5-17/h4-9,14,16,22H,3,10-13,15H2,1-2H3/t16?,22-,24?/m0/s1. The molecule has 0 bridgehead atoms. The van der Waals surface area contributed by atoms with E-state index in [0.717, 1.165) is 58.5 Å². The van der Waals surface area contributed by atoms with Gasteiger partial charge in [-0.1, -0.05) is 24.9 Å². The molecular weight excluding hydrogens is 384 g/mol. The number of benzene rings is 2. The van der Waals surface area contributed by atoms with Crippen LogP contribution in [0.25, 0.3) is 0 Å². The highest BCUT2D eigenvalue weighted by molar-refractivity contribution is 6.30. The number of ether oxygens (including phenoxy) is 2. The summed E-state index contributed by atoms with van der Waals surface area (Å²) in [7, 11) is 1.69. The summed E-state index contributed by atoms with van der Waals surface area (Å²) >= 11 is 6.34. The van der Waals surface area contributed by atoms with Gasteiger partial charge in [-0.2, -0.15) is 5.10 Å². The first-order chi connectivity index (χ1) is 14.1. The highest BCUT2D eigenvalue weighted by atomic mass is 35.5. The minimum absolute atomic E-state index is 0.174. The lowest BCUT2D eigenvalue weighted by Crippen LogP contribution is -2.55. The van der Waals surface area contributed by atoms with Crippen molar-refractivity contribution in [3.8, 4) is 11.5 Å². The first-order valence-corrected chi connectivity index (χ1v) is 11.0. The molecule has 2 aliphatic heterocycles. The van der Waals surface area contributed by atoms with Gasteiger partial charge in [-0.25, -0.2) is 5.01 Å². The first kappa shape index (κ1) is 18.8. The van der Waals surface area contributed by atoms with Crippen LogP contribution in [0.2, 0.25) is 5.02 Å². The number of halogens is 1. The smallest absolute Gasteiger partial charge is 0.198 e. The normalized spacial score (nSPS) is 27.8. The van der Waals surface area contributed by atoms with E-state index in [4.69, 9.17) is 26.2 Å². The van der Waals surface area contributed by atoms with Crippen LogP contribution in [0.15, 0.2) is 47.6 Å². The number of hydrogen-bond acceptors (Lipinski definition) is 4. The molecule has 0 N–H and O–H groups in total. The van der Waals surface area contributed by atoms with Crippen LogP contribution in [0.1, 0.15) is 62.6 Å². The summed E-state index contributed by atoms with van der Waals surface area (Å²) in [5.41, 5.74) is 3.05. The quantitative estimate of drug-likeness (QED) is 0.605. The van der Waals surface area contributed by atoms with E-state index in [0.29, 0.717) is 0 Å². The molecule has 0 amide bonds. The molecule has 2 aromatic carbocycles. The van der Waals surface area contributed by atoms with Crippen LogP contribution in [-0.2, 0) is 0 Å². The van der Waals surface area contributed by atoms with Crippen LogP contribution in [0, 0.1) is 5.92 Å². The second-order valence-corrected chi connectivity index (χ2v) is 8.86. The van der Waals surface area contributed by atoms with Crippen molar-refractivity contribution in [3.63, 3.8) is 0 Å². The van der Waals surface area contributed by atoms with Gasteiger partial charge < -0.3 is 9.47 Å². The third-order valence-electron chi connectivity index (χ3n) is 6.85. The Balaban J connectivity index is 1.54. The molecule has 3 aliphatic rings. The molecule has 1 spiro atoms. The molecule has 5 heteroatoms. The zero-order chi connectivity index (χ0) is 20.0. The summed E-state index contributed by atoms with van der Waals surface area (Å²) in [6.45, 7) is 2.29. The molecule has 1 aliphatic carbocycles. The summed E-state index contributed by atoms with van der Waals surface area (Å²) in [6, 6.07) is 14.4. The number of hydrazone groups is 1. The number of hydrogen-bond donors (Lipinski definition) is 0. The number of rotatable bonds is 3. The number of methoxy groups -OCH3 is 1. The minimum Gasteiger partial charge on any atom is -0.497 e. The van der Waals surface area contributed by atoms with Gasteiger partial charge in [-0.15, -0.1) is 0 Å². The van der Waals surface area contributed by atoms with E-state index in [1.807, 2.05) is 30.3 Å². The molecule has 2 aromatic rings. The molecular formula is C24H27ClN2O2. The molecule has 1 saturated carbocycles. The van der Waals surface area contributed by atoms with Gasteiger partial charge in [-0.05, 0) is 66.8 Å². The van der Waals surface area contributed by atoms with Crippen molar-refractivity contribution >= 4 is 17.3 Å². The average Bonchev–Trinajstić information content (AvgIpc) is 3.22. The van der Waals surface area contributed by atoms with Crippen LogP contribution in [0.3, 0.4) is 0 Å². The largest absolute Gasteiger partial charge is 0.497 e. The first-order valence-electron chi connectivity index (χ1n) is 10.6. The molecule has 1 atom stereocenters. The van der Waals surface area contributed by atoms with Crippen molar-refractivity contribution in [1.29, 1.82) is 0 Å². The van der Waals surface area contributed by atoms with E-state index in [9.17, 15) is 0 Å². The molecule has 152 valence electrons. The lowest BCUT2D eigenvalue weighted by atomic mass is 9.80. The summed E-state index contributed by atoms with van der Waals surface area (Å²) in [6.07, 6.45) is 6.52. The summed E-state index contributed by atoms with van der Waals surface area (Å²) in [5, 5.41) is 8.14. The Hall–Kier alpha value is -2.20. The van der Waals surface area contributed by atoms with Gasteiger partial charge in [0.1, 0.15) is 11.5 Å². The molecule has 4 nitrogen and oxygen atoms in total. The van der Waals surface area contributed by atoms with Crippen molar-refractivity contribution in [2.24, 2.45) is 11.0 Å². The van der Waals surface area contributed by atoms with Crippen LogP contribution in [-0.4, -0.2) is 23.6 Å². The molecule has 0 radical (unpaired) electrons. The maximum absolute atomic E-state index is 6.68. The van der Waals surface area contributed by atoms with Gasteiger partial charge in [0.15, 0.2) is 5.72 Å². The number of nitrogens with zero attached hydrogens (tertiary/aromatic N) is 2. The van der Waals surface area contributed by atoms with Crippen LogP contribution < -0.4 is 9.47 Å². The van der Waals surface area contributed by atoms with E-state index in [2.05, 4.69) is 24.1 Å². The fourth-order valence-corrected chi connectivity index (χ4v) is 5.26. The molecule has 5 rings (SSSR count). The van der Waals surface area contributed by atoms with Crippen molar-refractivity contribution in [3.05, 3.63) is 58.6 Å². The lowest BCUT2D eigenvalue weighted by molar-refractivity contribution is -0.146.